The summed E-state index contributed by atoms with van der Waals surface area (Å²) in [6, 6.07) is 14.1. The van der Waals surface area contributed by atoms with E-state index in [-0.39, 0.29) is 6.04 Å². The van der Waals surface area contributed by atoms with E-state index in [1.807, 2.05) is 31.2 Å². The molecule has 118 valence electrons. The van der Waals surface area contributed by atoms with Gasteiger partial charge in [0.25, 0.3) is 0 Å². The molecule has 0 fully saturated rings. The summed E-state index contributed by atoms with van der Waals surface area (Å²) < 4.78 is 22.8. The molecule has 0 aliphatic carbocycles. The fraction of sp³-hybridized carbons (Fsp3) is 0.353. The second kappa shape index (κ2) is 6.48. The quantitative estimate of drug-likeness (QED) is 0.920. The summed E-state index contributed by atoms with van der Waals surface area (Å²) in [6.07, 6.45) is 1.73. The van der Waals surface area contributed by atoms with Crippen LogP contribution in [-0.4, -0.2) is 31.9 Å². The Morgan fingerprint density at radius 3 is 2.36 bits per heavy atom. The second-order valence-corrected chi connectivity index (χ2v) is 8.13. The third-order valence-corrected chi connectivity index (χ3v) is 5.25. The van der Waals surface area contributed by atoms with Crippen molar-refractivity contribution in [3.05, 3.63) is 48.0 Å². The molecule has 2 aromatic carbocycles. The maximum Gasteiger partial charge on any atom is 0.238 e. The van der Waals surface area contributed by atoms with Gasteiger partial charge in [0.15, 0.2) is 9.84 Å². The maximum atomic E-state index is 11.9. The zero-order chi connectivity index (χ0) is 16.3. The smallest absolute Gasteiger partial charge is 0.238 e. The molecule has 0 aliphatic heterocycles. The lowest BCUT2D eigenvalue weighted by Gasteiger charge is -2.17. The first-order valence-electron chi connectivity index (χ1n) is 7.24. The molecule has 2 rings (SSSR count). The summed E-state index contributed by atoms with van der Waals surface area (Å²) in [5.41, 5.74) is 1.11. The zero-order valence-electron chi connectivity index (χ0n) is 13.0. The molecule has 0 spiro atoms. The molecule has 22 heavy (non-hydrogen) atoms. The van der Waals surface area contributed by atoms with Gasteiger partial charge in [0.2, 0.25) is 5.91 Å². The van der Waals surface area contributed by atoms with Crippen molar-refractivity contribution in [1.82, 2.24) is 5.32 Å². The summed E-state index contributed by atoms with van der Waals surface area (Å²) in [4.78, 5) is 11.9. The van der Waals surface area contributed by atoms with E-state index in [1.165, 1.54) is 12.3 Å². The van der Waals surface area contributed by atoms with Crippen molar-refractivity contribution in [2.45, 2.75) is 31.6 Å². The Morgan fingerprint density at radius 1 is 1.09 bits per heavy atom. The van der Waals surface area contributed by atoms with Crippen LogP contribution in [0.25, 0.3) is 10.8 Å². The number of carbonyl (C=O) groups is 1. The number of hydrogen-bond acceptors (Lipinski definition) is 3. The monoisotopic (exact) mass is 319 g/mol. The standard InChI is InChI=1S/C17H21NO3S/c1-12(18-17(19)13(2)22(3,20)21)10-14-8-9-15-6-4-5-7-16(15)11-14/h4-9,11-13H,10H2,1-3H3,(H,18,19)/t12-,13+/m0/s1. The predicted molar refractivity (Wildman–Crippen MR) is 89.6 cm³/mol. The molecule has 1 N–H and O–H groups in total. The first-order chi connectivity index (χ1) is 10.3. The number of nitrogens with one attached hydrogen (secondary N) is 1. The van der Waals surface area contributed by atoms with Crippen molar-refractivity contribution in [1.29, 1.82) is 0 Å². The zero-order valence-corrected chi connectivity index (χ0v) is 13.9. The lowest BCUT2D eigenvalue weighted by Crippen LogP contribution is -2.42. The van der Waals surface area contributed by atoms with Crippen LogP contribution >= 0.6 is 0 Å². The average molecular weight is 319 g/mol. The van der Waals surface area contributed by atoms with E-state index in [9.17, 15) is 13.2 Å². The van der Waals surface area contributed by atoms with Crippen LogP contribution in [0.5, 0.6) is 0 Å². The summed E-state index contributed by atoms with van der Waals surface area (Å²) in [7, 11) is -3.36. The Bertz CT molecular complexity index is 783. The topological polar surface area (TPSA) is 63.2 Å². The van der Waals surface area contributed by atoms with E-state index in [4.69, 9.17) is 0 Å². The number of rotatable bonds is 5. The average Bonchev–Trinajstić information content (AvgIpc) is 2.45. The van der Waals surface area contributed by atoms with Gasteiger partial charge in [0, 0.05) is 12.3 Å². The van der Waals surface area contributed by atoms with Gasteiger partial charge < -0.3 is 5.32 Å². The molecule has 0 aliphatic rings. The molecule has 4 nitrogen and oxygen atoms in total. The highest BCUT2D eigenvalue weighted by molar-refractivity contribution is 7.92. The van der Waals surface area contributed by atoms with Gasteiger partial charge >= 0.3 is 0 Å². The summed E-state index contributed by atoms with van der Waals surface area (Å²) in [5.74, 6) is -0.448. The molecule has 0 saturated heterocycles. The molecule has 0 saturated carbocycles. The minimum atomic E-state index is -3.36. The Hall–Kier alpha value is -1.88. The molecule has 0 bridgehead atoms. The van der Waals surface area contributed by atoms with E-state index in [2.05, 4.69) is 23.5 Å². The van der Waals surface area contributed by atoms with Crippen LogP contribution in [-0.2, 0) is 21.1 Å². The molecule has 0 heterocycles. The van der Waals surface area contributed by atoms with Gasteiger partial charge in [0.05, 0.1) is 0 Å². The van der Waals surface area contributed by atoms with Crippen LogP contribution < -0.4 is 5.32 Å². The fourth-order valence-corrected chi connectivity index (χ4v) is 2.78. The van der Waals surface area contributed by atoms with E-state index in [0.29, 0.717) is 6.42 Å². The molecule has 0 unspecified atom stereocenters. The van der Waals surface area contributed by atoms with Crippen LogP contribution in [0.4, 0.5) is 0 Å². The minimum Gasteiger partial charge on any atom is -0.352 e. The van der Waals surface area contributed by atoms with Gasteiger partial charge in [-0.2, -0.15) is 0 Å². The number of amides is 1. The second-order valence-electron chi connectivity index (χ2n) is 5.77. The van der Waals surface area contributed by atoms with Crippen molar-refractivity contribution in [3.63, 3.8) is 0 Å². The van der Waals surface area contributed by atoms with Crippen LogP contribution in [0, 0.1) is 0 Å². The Morgan fingerprint density at radius 2 is 1.73 bits per heavy atom. The maximum absolute atomic E-state index is 11.9. The number of carbonyl (C=O) groups excluding carboxylic acids is 1. The fourth-order valence-electron chi connectivity index (χ4n) is 2.32. The molecule has 2 atom stereocenters. The first-order valence-corrected chi connectivity index (χ1v) is 9.20. The highest BCUT2D eigenvalue weighted by Crippen LogP contribution is 2.16. The summed E-state index contributed by atoms with van der Waals surface area (Å²) >= 11 is 0. The molecule has 0 radical (unpaired) electrons. The van der Waals surface area contributed by atoms with Gasteiger partial charge in [-0.1, -0.05) is 42.5 Å². The number of fused-ring (bicyclic) bond motifs is 1. The minimum absolute atomic E-state index is 0.127. The van der Waals surface area contributed by atoms with Crippen molar-refractivity contribution in [2.24, 2.45) is 0 Å². The van der Waals surface area contributed by atoms with Gasteiger partial charge in [-0.3, -0.25) is 4.79 Å². The van der Waals surface area contributed by atoms with Crippen molar-refractivity contribution in [3.8, 4) is 0 Å². The van der Waals surface area contributed by atoms with Crippen LogP contribution in [0.1, 0.15) is 19.4 Å². The van der Waals surface area contributed by atoms with E-state index in [0.717, 1.165) is 17.2 Å². The Balaban J connectivity index is 2.04. The third-order valence-electron chi connectivity index (χ3n) is 3.76. The molecular formula is C17H21NO3S. The van der Waals surface area contributed by atoms with E-state index < -0.39 is 21.0 Å². The Labute approximate surface area is 131 Å². The normalized spacial score (nSPS) is 14.5. The SMILES string of the molecule is C[C@H](C(=O)N[C@@H](C)Cc1ccc2ccccc2c1)S(C)(=O)=O. The number of sulfone groups is 1. The number of hydrogen-bond donors (Lipinski definition) is 1. The van der Waals surface area contributed by atoms with Gasteiger partial charge in [0.1, 0.15) is 5.25 Å². The predicted octanol–water partition coefficient (Wildman–Crippen LogP) is 2.32. The number of benzene rings is 2. The molecule has 1 amide bonds. The summed E-state index contributed by atoms with van der Waals surface area (Å²) in [5, 5.41) is 4.07. The van der Waals surface area contributed by atoms with Crippen molar-refractivity contribution < 1.29 is 13.2 Å². The lowest BCUT2D eigenvalue weighted by atomic mass is 10.0. The van der Waals surface area contributed by atoms with E-state index in [1.54, 1.807) is 0 Å². The van der Waals surface area contributed by atoms with Crippen molar-refractivity contribution >= 4 is 26.5 Å². The largest absolute Gasteiger partial charge is 0.352 e. The van der Waals surface area contributed by atoms with Gasteiger partial charge in [-0.05, 0) is 36.6 Å². The lowest BCUT2D eigenvalue weighted by molar-refractivity contribution is -0.121. The van der Waals surface area contributed by atoms with Crippen LogP contribution in [0.15, 0.2) is 42.5 Å². The van der Waals surface area contributed by atoms with Crippen LogP contribution in [0.3, 0.4) is 0 Å². The summed E-state index contributed by atoms with van der Waals surface area (Å²) in [6.45, 7) is 3.29. The molecule has 2 aromatic rings. The molecular weight excluding hydrogens is 298 g/mol. The van der Waals surface area contributed by atoms with E-state index >= 15 is 0 Å². The van der Waals surface area contributed by atoms with Gasteiger partial charge in [-0.15, -0.1) is 0 Å². The molecule has 5 heteroatoms. The van der Waals surface area contributed by atoms with Gasteiger partial charge in [-0.25, -0.2) is 8.42 Å². The highest BCUT2D eigenvalue weighted by atomic mass is 32.2. The van der Waals surface area contributed by atoms with Crippen molar-refractivity contribution in [2.75, 3.05) is 6.26 Å². The first kappa shape index (κ1) is 16.5. The third kappa shape index (κ3) is 4.07. The van der Waals surface area contributed by atoms with Crippen LogP contribution in [0.2, 0.25) is 0 Å². The molecule has 0 aromatic heterocycles. The highest BCUT2D eigenvalue weighted by Gasteiger charge is 2.24. The Kier molecular flexibility index (Phi) is 4.86.